The Labute approximate surface area is 175 Å². The van der Waals surface area contributed by atoms with Crippen molar-refractivity contribution in [1.82, 2.24) is 15.0 Å². The van der Waals surface area contributed by atoms with Crippen molar-refractivity contribution >= 4 is 17.0 Å². The van der Waals surface area contributed by atoms with E-state index in [2.05, 4.69) is 35.4 Å². The lowest BCUT2D eigenvalue weighted by Gasteiger charge is -2.20. The first-order valence-electron chi connectivity index (χ1n) is 10.2. The summed E-state index contributed by atoms with van der Waals surface area (Å²) in [5, 5.41) is 8.37. The Hall–Kier alpha value is -2.93. The monoisotopic (exact) mass is 409 g/mol. The molecule has 4 rings (SSSR count). The highest BCUT2D eigenvalue weighted by Gasteiger charge is 2.26. The number of fused-ring (bicyclic) bond motifs is 1. The van der Waals surface area contributed by atoms with Crippen LogP contribution < -0.4 is 4.74 Å². The molecular formula is C23H27N3O4. The summed E-state index contributed by atoms with van der Waals surface area (Å²) in [6.07, 6.45) is 1.43. The standard InChI is InChI=1S/C23H27N3O4/c1-5-29-22(27)12-19(15-7-6-14(2)16(8-15)9-18-13-30-18)17-10-20-23(21(11-17)28-4)26(3)25-24-20/h6-8,10-11,18-19H,5,9,12-13H2,1-4H3/t18?,19-/m0/s1. The molecule has 7 nitrogen and oxygen atoms in total. The van der Waals surface area contributed by atoms with Crippen molar-refractivity contribution in [1.29, 1.82) is 0 Å². The maximum atomic E-state index is 12.5. The van der Waals surface area contributed by atoms with Crippen LogP contribution in [0.5, 0.6) is 5.75 Å². The molecular weight excluding hydrogens is 382 g/mol. The summed E-state index contributed by atoms with van der Waals surface area (Å²) in [6.45, 7) is 5.10. The summed E-state index contributed by atoms with van der Waals surface area (Å²) in [6, 6.07) is 10.3. The minimum absolute atomic E-state index is 0.177. The Balaban J connectivity index is 1.78. The molecule has 30 heavy (non-hydrogen) atoms. The van der Waals surface area contributed by atoms with Gasteiger partial charge in [0.25, 0.3) is 0 Å². The van der Waals surface area contributed by atoms with Gasteiger partial charge < -0.3 is 14.2 Å². The van der Waals surface area contributed by atoms with Gasteiger partial charge in [-0.3, -0.25) is 4.79 Å². The number of methoxy groups -OCH3 is 1. The van der Waals surface area contributed by atoms with Crippen molar-refractivity contribution in [3.05, 3.63) is 52.6 Å². The van der Waals surface area contributed by atoms with Gasteiger partial charge in [0, 0.05) is 19.4 Å². The Bertz CT molecular complexity index is 1070. The fourth-order valence-corrected chi connectivity index (χ4v) is 3.91. The normalized spacial score (nSPS) is 16.5. The van der Waals surface area contributed by atoms with Gasteiger partial charge in [-0.25, -0.2) is 4.68 Å². The number of aromatic nitrogens is 3. The van der Waals surface area contributed by atoms with Crippen LogP contribution in [0.15, 0.2) is 30.3 Å². The molecule has 0 bridgehead atoms. The summed E-state index contributed by atoms with van der Waals surface area (Å²) in [7, 11) is 3.46. The lowest BCUT2D eigenvalue weighted by atomic mass is 9.86. The van der Waals surface area contributed by atoms with Gasteiger partial charge in [0.15, 0.2) is 0 Å². The Morgan fingerprint density at radius 3 is 2.80 bits per heavy atom. The third kappa shape index (κ3) is 4.16. The zero-order valence-corrected chi connectivity index (χ0v) is 17.8. The molecule has 3 aromatic rings. The molecule has 1 aliphatic heterocycles. The zero-order chi connectivity index (χ0) is 21.3. The molecule has 0 radical (unpaired) electrons. The number of benzene rings is 2. The van der Waals surface area contributed by atoms with Crippen molar-refractivity contribution in [3.8, 4) is 5.75 Å². The van der Waals surface area contributed by atoms with E-state index in [0.29, 0.717) is 18.5 Å². The first kappa shape index (κ1) is 20.3. The Morgan fingerprint density at radius 2 is 2.10 bits per heavy atom. The first-order chi connectivity index (χ1) is 14.5. The maximum absolute atomic E-state index is 12.5. The molecule has 1 fully saturated rings. The molecule has 1 aromatic heterocycles. The van der Waals surface area contributed by atoms with E-state index >= 15 is 0 Å². The summed E-state index contributed by atoms with van der Waals surface area (Å²) in [4.78, 5) is 12.5. The molecule has 2 atom stereocenters. The van der Waals surface area contributed by atoms with Crippen LogP contribution in [-0.2, 0) is 27.7 Å². The summed E-state index contributed by atoms with van der Waals surface area (Å²) < 4.78 is 18.0. The number of esters is 1. The van der Waals surface area contributed by atoms with Gasteiger partial charge in [-0.2, -0.15) is 0 Å². The fraction of sp³-hybridized carbons (Fsp3) is 0.435. The number of hydrogen-bond donors (Lipinski definition) is 0. The molecule has 0 saturated carbocycles. The molecule has 1 saturated heterocycles. The van der Waals surface area contributed by atoms with Gasteiger partial charge in [-0.15, -0.1) is 5.10 Å². The number of ether oxygens (including phenoxy) is 3. The highest BCUT2D eigenvalue weighted by atomic mass is 16.6. The lowest BCUT2D eigenvalue weighted by molar-refractivity contribution is -0.143. The smallest absolute Gasteiger partial charge is 0.306 e. The van der Waals surface area contributed by atoms with E-state index in [0.717, 1.165) is 35.2 Å². The molecule has 0 spiro atoms. The van der Waals surface area contributed by atoms with E-state index in [-0.39, 0.29) is 18.3 Å². The second kappa shape index (κ2) is 8.44. The fourth-order valence-electron chi connectivity index (χ4n) is 3.91. The molecule has 2 heterocycles. The third-order valence-electron chi connectivity index (χ3n) is 5.61. The van der Waals surface area contributed by atoms with Crippen LogP contribution in [0.3, 0.4) is 0 Å². The van der Waals surface area contributed by atoms with E-state index in [1.807, 2.05) is 26.1 Å². The summed E-state index contributed by atoms with van der Waals surface area (Å²) in [5.41, 5.74) is 6.05. The quantitative estimate of drug-likeness (QED) is 0.420. The SMILES string of the molecule is CCOC(=O)C[C@@H](c1ccc(C)c(CC2CO2)c1)c1cc(OC)c2c(c1)nnn2C. The minimum atomic E-state index is -0.228. The van der Waals surface area contributed by atoms with Crippen LogP contribution in [0.25, 0.3) is 11.0 Å². The van der Waals surface area contributed by atoms with Crippen molar-refractivity contribution in [3.63, 3.8) is 0 Å². The Morgan fingerprint density at radius 1 is 1.30 bits per heavy atom. The first-order valence-corrected chi connectivity index (χ1v) is 10.2. The van der Waals surface area contributed by atoms with Gasteiger partial charge in [0.05, 0.1) is 32.8 Å². The van der Waals surface area contributed by atoms with Crippen molar-refractivity contribution < 1.29 is 19.0 Å². The minimum Gasteiger partial charge on any atom is -0.494 e. The van der Waals surface area contributed by atoms with E-state index in [9.17, 15) is 4.79 Å². The van der Waals surface area contributed by atoms with E-state index in [1.165, 1.54) is 11.1 Å². The average Bonchev–Trinajstić information content (AvgIpc) is 3.48. The highest BCUT2D eigenvalue weighted by Crippen LogP contribution is 2.36. The second-order valence-corrected chi connectivity index (χ2v) is 7.71. The summed E-state index contributed by atoms with van der Waals surface area (Å²) in [5.74, 6) is 0.278. The van der Waals surface area contributed by atoms with E-state index in [4.69, 9.17) is 14.2 Å². The lowest BCUT2D eigenvalue weighted by Crippen LogP contribution is -2.13. The van der Waals surface area contributed by atoms with Crippen LogP contribution in [-0.4, -0.2) is 47.4 Å². The van der Waals surface area contributed by atoms with Crippen molar-refractivity contribution in [2.45, 2.75) is 38.7 Å². The number of hydrogen-bond acceptors (Lipinski definition) is 6. The largest absolute Gasteiger partial charge is 0.494 e. The molecule has 1 unspecified atom stereocenters. The maximum Gasteiger partial charge on any atom is 0.306 e. The van der Waals surface area contributed by atoms with E-state index in [1.54, 1.807) is 11.8 Å². The van der Waals surface area contributed by atoms with Crippen molar-refractivity contribution in [2.24, 2.45) is 7.05 Å². The van der Waals surface area contributed by atoms with E-state index < -0.39 is 0 Å². The number of carbonyl (C=O) groups is 1. The van der Waals surface area contributed by atoms with Crippen LogP contribution in [0, 0.1) is 6.92 Å². The molecule has 158 valence electrons. The molecule has 1 aliphatic rings. The van der Waals surface area contributed by atoms with Gasteiger partial charge in [0.1, 0.15) is 16.8 Å². The molecule has 0 aliphatic carbocycles. The number of aryl methyl sites for hydroxylation is 2. The van der Waals surface area contributed by atoms with Crippen LogP contribution in [0.2, 0.25) is 0 Å². The zero-order valence-electron chi connectivity index (χ0n) is 17.8. The third-order valence-corrected chi connectivity index (χ3v) is 5.61. The average molecular weight is 409 g/mol. The molecule has 2 aromatic carbocycles. The number of rotatable bonds is 8. The highest BCUT2D eigenvalue weighted by molar-refractivity contribution is 5.83. The predicted octanol–water partition coefficient (Wildman–Crippen LogP) is 3.31. The predicted molar refractivity (Wildman–Crippen MR) is 113 cm³/mol. The molecule has 7 heteroatoms. The summed E-state index contributed by atoms with van der Waals surface area (Å²) >= 11 is 0. The molecule has 0 amide bonds. The van der Waals surface area contributed by atoms with Crippen LogP contribution >= 0.6 is 0 Å². The number of carbonyl (C=O) groups excluding carboxylic acids is 1. The number of nitrogens with zero attached hydrogens (tertiary/aromatic N) is 3. The Kier molecular flexibility index (Phi) is 5.72. The van der Waals surface area contributed by atoms with Gasteiger partial charge in [0.2, 0.25) is 0 Å². The second-order valence-electron chi connectivity index (χ2n) is 7.71. The van der Waals surface area contributed by atoms with Gasteiger partial charge in [-0.05, 0) is 48.2 Å². The van der Waals surface area contributed by atoms with Crippen molar-refractivity contribution in [2.75, 3.05) is 20.3 Å². The van der Waals surface area contributed by atoms with Crippen LogP contribution in [0.4, 0.5) is 0 Å². The van der Waals surface area contributed by atoms with Crippen LogP contribution in [0.1, 0.15) is 41.5 Å². The topological polar surface area (TPSA) is 78.8 Å². The van der Waals surface area contributed by atoms with Gasteiger partial charge >= 0.3 is 5.97 Å². The van der Waals surface area contributed by atoms with Gasteiger partial charge in [-0.1, -0.05) is 23.4 Å². The molecule has 0 N–H and O–H groups in total. The number of epoxide rings is 1.